The number of hydrogen-bond donors (Lipinski definition) is 1. The fraction of sp³-hybridized carbons (Fsp3) is 0.160. The van der Waals surface area contributed by atoms with Gasteiger partial charge in [-0.2, -0.15) is 0 Å². The van der Waals surface area contributed by atoms with Crippen molar-refractivity contribution in [3.63, 3.8) is 0 Å². The summed E-state index contributed by atoms with van der Waals surface area (Å²) in [6.45, 7) is 2.20. The van der Waals surface area contributed by atoms with Gasteiger partial charge in [0.1, 0.15) is 5.52 Å². The molecule has 9 nitrogen and oxygen atoms in total. The summed E-state index contributed by atoms with van der Waals surface area (Å²) in [6.07, 6.45) is 1.78. The number of hydroxylamine groups is 1. The van der Waals surface area contributed by atoms with Crippen molar-refractivity contribution < 1.29 is 14.7 Å². The summed E-state index contributed by atoms with van der Waals surface area (Å²) in [5.41, 5.74) is 6.25. The molecule has 0 fully saturated rings. The molecule has 0 spiro atoms. The van der Waals surface area contributed by atoms with Crippen molar-refractivity contribution in [2.75, 3.05) is 13.2 Å². The molecule has 3 aromatic heterocycles. The van der Waals surface area contributed by atoms with Crippen molar-refractivity contribution >= 4 is 44.1 Å². The van der Waals surface area contributed by atoms with Crippen LogP contribution in [-0.4, -0.2) is 53.3 Å². The Morgan fingerprint density at radius 3 is 2.80 bits per heavy atom. The molecular formula is C25H21BrN6O3. The molecule has 0 radical (unpaired) electrons. The fourth-order valence-corrected chi connectivity index (χ4v) is 4.19. The normalized spacial score (nSPS) is 11.3. The number of fused-ring (bicyclic) bond motifs is 2. The van der Waals surface area contributed by atoms with Gasteiger partial charge in [-0.05, 0) is 60.5 Å². The van der Waals surface area contributed by atoms with Crippen molar-refractivity contribution in [1.82, 2.24) is 29.1 Å². The van der Waals surface area contributed by atoms with Crippen molar-refractivity contribution in [2.45, 2.75) is 13.5 Å². The summed E-state index contributed by atoms with van der Waals surface area (Å²) >= 11 is 3.07. The first-order valence-corrected chi connectivity index (χ1v) is 11.6. The molecule has 176 valence electrons. The highest BCUT2D eigenvalue weighted by atomic mass is 79.9. The van der Waals surface area contributed by atoms with Gasteiger partial charge in [0.05, 0.1) is 47.1 Å². The molecule has 0 aliphatic carbocycles. The number of amides is 1. The topological polar surface area (TPSA) is 106 Å². The van der Waals surface area contributed by atoms with E-state index < -0.39 is 0 Å². The van der Waals surface area contributed by atoms with Gasteiger partial charge >= 0.3 is 0 Å². The Balaban J connectivity index is 1.43. The van der Waals surface area contributed by atoms with Gasteiger partial charge in [-0.1, -0.05) is 23.4 Å². The number of aromatic nitrogens is 5. The van der Waals surface area contributed by atoms with Gasteiger partial charge in [0.15, 0.2) is 5.65 Å². The number of aliphatic hydroxyl groups excluding tert-OH is 1. The third-order valence-electron chi connectivity index (χ3n) is 5.57. The van der Waals surface area contributed by atoms with Gasteiger partial charge in [-0.3, -0.25) is 14.6 Å². The molecule has 0 saturated carbocycles. The molecule has 0 atom stereocenters. The monoisotopic (exact) mass is 532 g/mol. The van der Waals surface area contributed by atoms with E-state index in [2.05, 4.69) is 37.5 Å². The van der Waals surface area contributed by atoms with Crippen LogP contribution in [-0.2, 0) is 11.4 Å². The lowest BCUT2D eigenvalue weighted by molar-refractivity contribution is -0.0571. The van der Waals surface area contributed by atoms with Gasteiger partial charge < -0.3 is 5.11 Å². The van der Waals surface area contributed by atoms with Crippen LogP contribution >= 0.6 is 16.1 Å². The van der Waals surface area contributed by atoms with E-state index in [0.717, 1.165) is 37.4 Å². The number of aryl methyl sites for hydroxylation is 1. The molecule has 10 heteroatoms. The summed E-state index contributed by atoms with van der Waals surface area (Å²) in [6, 6.07) is 19.3. The lowest BCUT2D eigenvalue weighted by Gasteiger charge is -2.15. The summed E-state index contributed by atoms with van der Waals surface area (Å²) in [4.78, 5) is 26.9. The molecule has 0 bridgehead atoms. The molecule has 0 saturated heterocycles. The van der Waals surface area contributed by atoms with E-state index in [-0.39, 0.29) is 19.1 Å². The van der Waals surface area contributed by atoms with Crippen molar-refractivity contribution in [2.24, 2.45) is 0 Å². The zero-order chi connectivity index (χ0) is 24.4. The fourth-order valence-electron chi connectivity index (χ4n) is 3.85. The highest BCUT2D eigenvalue weighted by molar-refractivity contribution is 9.07. The second-order valence-corrected chi connectivity index (χ2v) is 8.60. The average Bonchev–Trinajstić information content (AvgIpc) is 3.28. The van der Waals surface area contributed by atoms with Crippen LogP contribution in [0.1, 0.15) is 21.5 Å². The van der Waals surface area contributed by atoms with Gasteiger partial charge in [0, 0.05) is 22.7 Å². The Hall–Kier alpha value is -3.73. The Labute approximate surface area is 209 Å². The van der Waals surface area contributed by atoms with Gasteiger partial charge in [0.2, 0.25) is 0 Å². The maximum atomic E-state index is 12.6. The van der Waals surface area contributed by atoms with Crippen LogP contribution in [0.4, 0.5) is 0 Å². The van der Waals surface area contributed by atoms with E-state index in [9.17, 15) is 4.79 Å². The third kappa shape index (κ3) is 4.76. The smallest absolute Gasteiger partial charge is 0.288 e. The average molecular weight is 533 g/mol. The molecule has 2 aromatic carbocycles. The van der Waals surface area contributed by atoms with Crippen molar-refractivity contribution in [1.29, 1.82) is 0 Å². The summed E-state index contributed by atoms with van der Waals surface area (Å²) < 4.78 is 2.73. The number of hydrogen-bond acceptors (Lipinski definition) is 7. The highest BCUT2D eigenvalue weighted by Gasteiger charge is 2.18. The maximum absolute atomic E-state index is 12.6. The third-order valence-corrected chi connectivity index (χ3v) is 6.09. The van der Waals surface area contributed by atoms with Crippen LogP contribution in [0, 0.1) is 6.92 Å². The minimum Gasteiger partial charge on any atom is -0.394 e. The maximum Gasteiger partial charge on any atom is 0.288 e. The second kappa shape index (κ2) is 9.87. The number of benzene rings is 2. The number of pyridine rings is 2. The molecule has 5 aromatic rings. The number of carbonyl (C=O) groups is 1. The highest BCUT2D eigenvalue weighted by Crippen LogP contribution is 2.25. The summed E-state index contributed by atoms with van der Waals surface area (Å²) in [7, 11) is 0. The van der Waals surface area contributed by atoms with Gasteiger partial charge in [-0.25, -0.2) is 9.67 Å². The molecule has 0 unspecified atom stereocenters. The Kier molecular flexibility index (Phi) is 6.49. The Bertz CT molecular complexity index is 1540. The van der Waals surface area contributed by atoms with E-state index in [1.807, 2.05) is 55.5 Å². The Morgan fingerprint density at radius 2 is 1.97 bits per heavy atom. The molecule has 5 rings (SSSR count). The van der Waals surface area contributed by atoms with Crippen LogP contribution in [0.2, 0.25) is 0 Å². The van der Waals surface area contributed by atoms with E-state index in [1.165, 1.54) is 0 Å². The molecule has 0 aliphatic heterocycles. The number of rotatable bonds is 7. The van der Waals surface area contributed by atoms with Crippen molar-refractivity contribution in [3.05, 3.63) is 83.6 Å². The molecule has 1 amide bonds. The number of halogens is 1. The quantitative estimate of drug-likeness (QED) is 0.248. The lowest BCUT2D eigenvalue weighted by Crippen LogP contribution is -2.23. The van der Waals surface area contributed by atoms with Crippen LogP contribution in [0.15, 0.2) is 66.9 Å². The van der Waals surface area contributed by atoms with E-state index in [0.29, 0.717) is 23.3 Å². The van der Waals surface area contributed by atoms with E-state index in [4.69, 9.17) is 14.9 Å². The predicted octanol–water partition coefficient (Wildman–Crippen LogP) is 4.07. The minimum atomic E-state index is -0.362. The number of aliphatic hydroxyl groups is 1. The zero-order valence-electron chi connectivity index (χ0n) is 18.8. The minimum absolute atomic E-state index is 0.00979. The Morgan fingerprint density at radius 1 is 1.11 bits per heavy atom. The van der Waals surface area contributed by atoms with Crippen LogP contribution in [0.3, 0.4) is 0 Å². The zero-order valence-corrected chi connectivity index (χ0v) is 20.4. The second-order valence-electron chi connectivity index (χ2n) is 7.95. The molecule has 35 heavy (non-hydrogen) atoms. The van der Waals surface area contributed by atoms with Gasteiger partial charge in [0.25, 0.3) is 5.91 Å². The van der Waals surface area contributed by atoms with Gasteiger partial charge in [-0.15, -0.1) is 9.19 Å². The van der Waals surface area contributed by atoms with Crippen molar-refractivity contribution in [3.8, 4) is 11.3 Å². The lowest BCUT2D eigenvalue weighted by atomic mass is 10.0. The van der Waals surface area contributed by atoms with Crippen LogP contribution in [0.25, 0.3) is 33.3 Å². The van der Waals surface area contributed by atoms with Crippen LogP contribution in [0.5, 0.6) is 0 Å². The number of nitrogens with zero attached hydrogens (tertiary/aromatic N) is 6. The SMILES string of the molecule is Cc1cc(-c2ccc3nnn(Cc4ccc5ncccc5c4)c3n2)ccc1C(=O)N(Br)OCCO. The van der Waals surface area contributed by atoms with E-state index in [1.54, 1.807) is 16.9 Å². The van der Waals surface area contributed by atoms with Crippen LogP contribution < -0.4 is 0 Å². The van der Waals surface area contributed by atoms with E-state index >= 15 is 0 Å². The molecule has 0 aliphatic rings. The summed E-state index contributed by atoms with van der Waals surface area (Å²) in [5.74, 6) is -0.362. The largest absolute Gasteiger partial charge is 0.394 e. The standard InChI is InChI=1S/C25H21BrN6O3/c1-16-13-19(5-6-20(16)25(34)32(26)35-12-11-33)22-8-9-23-24(28-22)31(30-29-23)15-17-4-7-21-18(14-17)3-2-10-27-21/h2-10,13-14,33H,11-12,15H2,1H3. The first-order chi connectivity index (χ1) is 17.0. The molecule has 1 N–H and O–H groups in total. The predicted molar refractivity (Wildman–Crippen MR) is 134 cm³/mol. The molecular weight excluding hydrogens is 512 g/mol. The first-order valence-electron chi connectivity index (χ1n) is 10.9. The first kappa shape index (κ1) is 23.0. The molecule has 3 heterocycles. The number of carbonyl (C=O) groups excluding carboxylic acids is 1. The summed E-state index contributed by atoms with van der Waals surface area (Å²) in [5, 5.41) is 18.5.